The Kier molecular flexibility index (Phi) is 5.87. The Labute approximate surface area is 179 Å². The van der Waals surface area contributed by atoms with E-state index in [0.29, 0.717) is 32.2 Å². The second-order valence-electron chi connectivity index (χ2n) is 6.04. The van der Waals surface area contributed by atoms with Crippen LogP contribution in [0.3, 0.4) is 0 Å². The minimum absolute atomic E-state index is 0.0209. The summed E-state index contributed by atoms with van der Waals surface area (Å²) in [6, 6.07) is 11.8. The average molecular weight is 444 g/mol. The Morgan fingerprint density at radius 3 is 2.77 bits per heavy atom. The number of carbonyl (C=O) groups is 2. The van der Waals surface area contributed by atoms with Crippen molar-refractivity contribution in [2.75, 3.05) is 12.1 Å². The molecule has 9 nitrogen and oxygen atoms in total. The van der Waals surface area contributed by atoms with Crippen LogP contribution in [0.4, 0.5) is 5.13 Å². The summed E-state index contributed by atoms with van der Waals surface area (Å²) >= 11 is 6.92. The van der Waals surface area contributed by atoms with Crippen LogP contribution in [0.1, 0.15) is 20.9 Å². The fourth-order valence-corrected chi connectivity index (χ4v) is 3.35. The van der Waals surface area contributed by atoms with Gasteiger partial charge < -0.3 is 9.47 Å². The number of hydrazone groups is 1. The highest BCUT2D eigenvalue weighted by Crippen LogP contribution is 2.31. The summed E-state index contributed by atoms with van der Waals surface area (Å²) < 4.78 is 10.5. The summed E-state index contributed by atoms with van der Waals surface area (Å²) in [5.41, 5.74) is 3.62. The van der Waals surface area contributed by atoms with Gasteiger partial charge in [0.1, 0.15) is 5.01 Å². The van der Waals surface area contributed by atoms with Crippen molar-refractivity contribution in [1.29, 1.82) is 0 Å². The van der Waals surface area contributed by atoms with Gasteiger partial charge in [0.05, 0.1) is 12.6 Å². The molecule has 0 saturated carbocycles. The van der Waals surface area contributed by atoms with Gasteiger partial charge in [0.25, 0.3) is 5.91 Å². The highest BCUT2D eigenvalue weighted by Gasteiger charge is 2.14. The first-order valence-corrected chi connectivity index (χ1v) is 9.87. The number of ether oxygens (including phenoxy) is 2. The number of carbonyl (C=O) groups excluding carboxylic acids is 2. The fourth-order valence-electron chi connectivity index (χ4n) is 2.50. The molecule has 0 bridgehead atoms. The van der Waals surface area contributed by atoms with Crippen molar-refractivity contribution in [2.45, 2.75) is 6.42 Å². The molecular weight excluding hydrogens is 430 g/mol. The number of aromatic nitrogens is 2. The van der Waals surface area contributed by atoms with Crippen LogP contribution in [0.25, 0.3) is 0 Å². The van der Waals surface area contributed by atoms with E-state index in [1.807, 2.05) is 0 Å². The molecule has 0 saturated heterocycles. The van der Waals surface area contributed by atoms with Crippen LogP contribution in [-0.4, -0.2) is 35.0 Å². The SMILES string of the molecule is O=C(Cc1nnc(NC(=O)c2ccc(Cl)cc2)s1)N/N=C\c1ccc2c(c1)OCO2. The second kappa shape index (κ2) is 8.89. The number of hydrogen-bond donors (Lipinski definition) is 2. The summed E-state index contributed by atoms with van der Waals surface area (Å²) in [4.78, 5) is 24.2. The van der Waals surface area contributed by atoms with Gasteiger partial charge in [-0.3, -0.25) is 14.9 Å². The number of rotatable bonds is 6. The molecule has 0 atom stereocenters. The van der Waals surface area contributed by atoms with Crippen molar-refractivity contribution in [2.24, 2.45) is 5.10 Å². The van der Waals surface area contributed by atoms with Gasteiger partial charge >= 0.3 is 0 Å². The van der Waals surface area contributed by atoms with Gasteiger partial charge in [0, 0.05) is 10.6 Å². The molecule has 30 heavy (non-hydrogen) atoms. The van der Waals surface area contributed by atoms with Crippen LogP contribution in [-0.2, 0) is 11.2 Å². The van der Waals surface area contributed by atoms with Crippen LogP contribution in [0.15, 0.2) is 47.6 Å². The molecule has 152 valence electrons. The normalized spacial score (nSPS) is 12.2. The summed E-state index contributed by atoms with van der Waals surface area (Å²) in [7, 11) is 0. The van der Waals surface area contributed by atoms with Crippen molar-refractivity contribution in [3.8, 4) is 11.5 Å². The molecule has 2 N–H and O–H groups in total. The Morgan fingerprint density at radius 1 is 1.13 bits per heavy atom. The number of hydrogen-bond acceptors (Lipinski definition) is 8. The van der Waals surface area contributed by atoms with E-state index in [1.165, 1.54) is 6.21 Å². The third-order valence-electron chi connectivity index (χ3n) is 3.91. The van der Waals surface area contributed by atoms with Gasteiger partial charge in [-0.2, -0.15) is 5.10 Å². The topological polar surface area (TPSA) is 115 Å². The summed E-state index contributed by atoms with van der Waals surface area (Å²) in [5, 5.41) is 15.6. The standard InChI is InChI=1S/C19H14ClN5O4S/c20-13-4-2-12(3-5-13)18(27)22-19-25-24-17(30-19)8-16(26)23-21-9-11-1-6-14-15(7-11)29-10-28-14/h1-7,9H,8,10H2,(H,23,26)(H,22,25,27)/b21-9-. The van der Waals surface area contributed by atoms with E-state index in [2.05, 4.69) is 26.0 Å². The van der Waals surface area contributed by atoms with E-state index in [4.69, 9.17) is 21.1 Å². The van der Waals surface area contributed by atoms with Gasteiger partial charge in [-0.25, -0.2) is 5.43 Å². The number of amides is 2. The fraction of sp³-hybridized carbons (Fsp3) is 0.105. The predicted molar refractivity (Wildman–Crippen MR) is 111 cm³/mol. The number of fused-ring (bicyclic) bond motifs is 1. The van der Waals surface area contributed by atoms with Gasteiger partial charge in [-0.1, -0.05) is 22.9 Å². The maximum absolute atomic E-state index is 12.2. The number of halogens is 1. The Hall–Kier alpha value is -3.50. The average Bonchev–Trinajstić information content (AvgIpc) is 3.37. The molecule has 1 aliphatic rings. The first kappa shape index (κ1) is 19.8. The van der Waals surface area contributed by atoms with Gasteiger partial charge in [-0.15, -0.1) is 10.2 Å². The van der Waals surface area contributed by atoms with E-state index in [-0.39, 0.29) is 25.0 Å². The van der Waals surface area contributed by atoms with Gasteiger partial charge in [0.2, 0.25) is 17.8 Å². The summed E-state index contributed by atoms with van der Waals surface area (Å²) in [6.07, 6.45) is 1.48. The van der Waals surface area contributed by atoms with Crippen LogP contribution in [0.5, 0.6) is 11.5 Å². The lowest BCUT2D eigenvalue weighted by Crippen LogP contribution is -2.19. The molecule has 11 heteroatoms. The van der Waals surface area contributed by atoms with E-state index in [0.717, 1.165) is 16.9 Å². The lowest BCUT2D eigenvalue weighted by atomic mass is 10.2. The second-order valence-corrected chi connectivity index (χ2v) is 7.54. The van der Waals surface area contributed by atoms with Crippen molar-refractivity contribution in [1.82, 2.24) is 15.6 Å². The first-order chi connectivity index (χ1) is 14.6. The number of benzene rings is 2. The molecule has 2 amide bonds. The van der Waals surface area contributed by atoms with E-state index < -0.39 is 0 Å². The number of nitrogens with one attached hydrogen (secondary N) is 2. The van der Waals surface area contributed by atoms with E-state index in [1.54, 1.807) is 42.5 Å². The zero-order valence-electron chi connectivity index (χ0n) is 15.3. The summed E-state index contributed by atoms with van der Waals surface area (Å²) in [5.74, 6) is 0.601. The maximum atomic E-state index is 12.2. The lowest BCUT2D eigenvalue weighted by molar-refractivity contribution is -0.120. The molecule has 0 radical (unpaired) electrons. The smallest absolute Gasteiger partial charge is 0.257 e. The number of anilines is 1. The molecular formula is C19H14ClN5O4S. The molecule has 0 aliphatic carbocycles. The first-order valence-electron chi connectivity index (χ1n) is 8.68. The quantitative estimate of drug-likeness (QED) is 0.447. The largest absolute Gasteiger partial charge is 0.454 e. The highest BCUT2D eigenvalue weighted by molar-refractivity contribution is 7.15. The van der Waals surface area contributed by atoms with Crippen molar-refractivity contribution >= 4 is 46.1 Å². The number of nitrogens with zero attached hydrogens (tertiary/aromatic N) is 3. The summed E-state index contributed by atoms with van der Waals surface area (Å²) in [6.45, 7) is 0.191. The predicted octanol–water partition coefficient (Wildman–Crippen LogP) is 2.87. The van der Waals surface area contributed by atoms with Crippen molar-refractivity contribution in [3.05, 3.63) is 63.6 Å². The van der Waals surface area contributed by atoms with Gasteiger partial charge in [0.15, 0.2) is 11.5 Å². The third kappa shape index (κ3) is 4.91. The Bertz CT molecular complexity index is 1120. The van der Waals surface area contributed by atoms with Crippen LogP contribution in [0, 0.1) is 0 Å². The Balaban J connectivity index is 1.28. The Morgan fingerprint density at radius 2 is 1.93 bits per heavy atom. The third-order valence-corrected chi connectivity index (χ3v) is 5.00. The minimum atomic E-state index is -0.362. The van der Waals surface area contributed by atoms with E-state index >= 15 is 0 Å². The molecule has 0 fully saturated rings. The zero-order valence-corrected chi connectivity index (χ0v) is 16.9. The monoisotopic (exact) mass is 443 g/mol. The van der Waals surface area contributed by atoms with Crippen LogP contribution < -0.4 is 20.2 Å². The molecule has 3 aromatic rings. The van der Waals surface area contributed by atoms with Gasteiger partial charge in [-0.05, 0) is 48.0 Å². The van der Waals surface area contributed by atoms with Crippen molar-refractivity contribution in [3.63, 3.8) is 0 Å². The molecule has 4 rings (SSSR count). The maximum Gasteiger partial charge on any atom is 0.257 e. The molecule has 1 aliphatic heterocycles. The van der Waals surface area contributed by atoms with Crippen LogP contribution >= 0.6 is 22.9 Å². The minimum Gasteiger partial charge on any atom is -0.454 e. The lowest BCUT2D eigenvalue weighted by Gasteiger charge is -2.00. The molecule has 0 unspecified atom stereocenters. The molecule has 2 aromatic carbocycles. The zero-order chi connectivity index (χ0) is 20.9. The highest BCUT2D eigenvalue weighted by atomic mass is 35.5. The van der Waals surface area contributed by atoms with Crippen LogP contribution in [0.2, 0.25) is 5.02 Å². The van der Waals surface area contributed by atoms with Crippen molar-refractivity contribution < 1.29 is 19.1 Å². The van der Waals surface area contributed by atoms with E-state index in [9.17, 15) is 9.59 Å². The molecule has 2 heterocycles. The molecule has 0 spiro atoms. The molecule has 1 aromatic heterocycles.